The molecule has 108 valence electrons. The van der Waals surface area contributed by atoms with Gasteiger partial charge >= 0.3 is 0 Å². The summed E-state index contributed by atoms with van der Waals surface area (Å²) in [5.41, 5.74) is 9.87. The molecule has 0 saturated carbocycles. The van der Waals surface area contributed by atoms with Crippen molar-refractivity contribution in [3.05, 3.63) is 71.9 Å². The normalized spacial score (nSPS) is 11.1. The van der Waals surface area contributed by atoms with E-state index in [-0.39, 0.29) is 0 Å². The minimum absolute atomic E-state index is 0.703. The van der Waals surface area contributed by atoms with Crippen LogP contribution in [0.25, 0.3) is 10.9 Å². The number of fused-ring (bicyclic) bond motifs is 1. The number of hydrogen-bond donors (Lipinski definition) is 1. The first-order chi connectivity index (χ1) is 10.4. The first-order valence-corrected chi connectivity index (χ1v) is 7.69. The van der Waals surface area contributed by atoms with Gasteiger partial charge in [0.15, 0.2) is 0 Å². The molecule has 0 spiro atoms. The second kappa shape index (κ2) is 6.59. The van der Waals surface area contributed by atoms with E-state index in [0.717, 1.165) is 25.8 Å². The third-order valence-corrected chi connectivity index (χ3v) is 3.99. The van der Waals surface area contributed by atoms with Crippen molar-refractivity contribution in [1.82, 2.24) is 4.57 Å². The largest absolute Gasteiger partial charge is 0.347 e. The van der Waals surface area contributed by atoms with Gasteiger partial charge in [-0.15, -0.1) is 0 Å². The van der Waals surface area contributed by atoms with Crippen LogP contribution in [0.15, 0.2) is 60.8 Å². The third kappa shape index (κ3) is 3.17. The number of nitrogens with two attached hydrogens (primary N) is 1. The fourth-order valence-corrected chi connectivity index (χ4v) is 2.98. The van der Waals surface area contributed by atoms with Crippen molar-refractivity contribution in [2.24, 2.45) is 5.73 Å². The van der Waals surface area contributed by atoms with Gasteiger partial charge in [-0.05, 0) is 48.4 Å². The van der Waals surface area contributed by atoms with Gasteiger partial charge in [-0.1, -0.05) is 48.5 Å². The maximum Gasteiger partial charge on any atom is 0.0513 e. The molecule has 0 amide bonds. The molecule has 3 rings (SSSR count). The van der Waals surface area contributed by atoms with Crippen molar-refractivity contribution < 1.29 is 0 Å². The Hall–Kier alpha value is -2.06. The summed E-state index contributed by atoms with van der Waals surface area (Å²) in [7, 11) is 0. The Labute approximate surface area is 126 Å². The molecule has 21 heavy (non-hydrogen) atoms. The van der Waals surface area contributed by atoms with Crippen molar-refractivity contribution in [3.8, 4) is 0 Å². The second-order valence-corrected chi connectivity index (χ2v) is 5.49. The highest BCUT2D eigenvalue weighted by Crippen LogP contribution is 2.21. The lowest BCUT2D eigenvalue weighted by molar-refractivity contribution is 0.660. The quantitative estimate of drug-likeness (QED) is 0.731. The fraction of sp³-hybridized carbons (Fsp3) is 0.263. The summed E-state index contributed by atoms with van der Waals surface area (Å²) in [5.74, 6) is 0. The van der Waals surface area contributed by atoms with E-state index in [1.165, 1.54) is 22.0 Å². The number of rotatable bonds is 6. The first-order valence-electron chi connectivity index (χ1n) is 7.69. The zero-order valence-electron chi connectivity index (χ0n) is 12.3. The SMILES string of the molecule is NCCc1cccc2ccn(CCCc3ccccc3)c12. The van der Waals surface area contributed by atoms with Crippen molar-refractivity contribution in [2.45, 2.75) is 25.8 Å². The van der Waals surface area contributed by atoms with Crippen molar-refractivity contribution in [1.29, 1.82) is 0 Å². The van der Waals surface area contributed by atoms with E-state index in [1.807, 2.05) is 0 Å². The molecule has 0 aliphatic rings. The Morgan fingerprint density at radius 3 is 2.52 bits per heavy atom. The van der Waals surface area contributed by atoms with Crippen molar-refractivity contribution in [3.63, 3.8) is 0 Å². The molecule has 0 atom stereocenters. The lowest BCUT2D eigenvalue weighted by Gasteiger charge is -2.09. The molecular weight excluding hydrogens is 256 g/mol. The van der Waals surface area contributed by atoms with E-state index in [2.05, 4.69) is 65.4 Å². The van der Waals surface area contributed by atoms with E-state index in [1.54, 1.807) is 0 Å². The van der Waals surface area contributed by atoms with Crippen LogP contribution in [-0.4, -0.2) is 11.1 Å². The van der Waals surface area contributed by atoms with Gasteiger partial charge in [0.25, 0.3) is 0 Å². The average molecular weight is 278 g/mol. The molecule has 2 aromatic carbocycles. The predicted octanol–water partition coefficient (Wildman–Crippen LogP) is 3.78. The van der Waals surface area contributed by atoms with Crippen LogP contribution < -0.4 is 5.73 Å². The van der Waals surface area contributed by atoms with Gasteiger partial charge in [-0.2, -0.15) is 0 Å². The zero-order chi connectivity index (χ0) is 14.5. The zero-order valence-corrected chi connectivity index (χ0v) is 12.3. The van der Waals surface area contributed by atoms with Crippen molar-refractivity contribution in [2.75, 3.05) is 6.54 Å². The lowest BCUT2D eigenvalue weighted by Crippen LogP contribution is -2.05. The molecule has 1 heterocycles. The summed E-state index contributed by atoms with van der Waals surface area (Å²) < 4.78 is 2.38. The molecular formula is C19H22N2. The molecule has 0 saturated heterocycles. The molecule has 0 unspecified atom stereocenters. The van der Waals surface area contributed by atoms with Gasteiger partial charge in [0, 0.05) is 12.7 Å². The van der Waals surface area contributed by atoms with Crippen LogP contribution in [0.3, 0.4) is 0 Å². The second-order valence-electron chi connectivity index (χ2n) is 5.49. The Balaban J connectivity index is 1.75. The molecule has 1 aromatic heterocycles. The van der Waals surface area contributed by atoms with Gasteiger partial charge in [0.05, 0.1) is 5.52 Å². The fourth-order valence-electron chi connectivity index (χ4n) is 2.98. The summed E-state index contributed by atoms with van der Waals surface area (Å²) in [6.07, 6.45) is 5.43. The highest BCUT2D eigenvalue weighted by atomic mass is 14.9. The molecule has 2 heteroatoms. The number of aromatic nitrogens is 1. The van der Waals surface area contributed by atoms with Crippen molar-refractivity contribution >= 4 is 10.9 Å². The van der Waals surface area contributed by atoms with Crippen LogP contribution >= 0.6 is 0 Å². The number of benzene rings is 2. The number of nitrogens with zero attached hydrogens (tertiary/aromatic N) is 1. The van der Waals surface area contributed by atoms with Gasteiger partial charge in [0.1, 0.15) is 0 Å². The van der Waals surface area contributed by atoms with E-state index >= 15 is 0 Å². The predicted molar refractivity (Wildman–Crippen MR) is 89.5 cm³/mol. The Morgan fingerprint density at radius 1 is 0.857 bits per heavy atom. The highest BCUT2D eigenvalue weighted by molar-refractivity contribution is 5.83. The summed E-state index contributed by atoms with van der Waals surface area (Å²) in [6.45, 7) is 1.76. The molecule has 0 aliphatic carbocycles. The number of hydrogen-bond acceptors (Lipinski definition) is 1. The highest BCUT2D eigenvalue weighted by Gasteiger charge is 2.06. The molecule has 0 fully saturated rings. The van der Waals surface area contributed by atoms with Gasteiger partial charge in [-0.3, -0.25) is 0 Å². The van der Waals surface area contributed by atoms with Crippen LogP contribution in [0.4, 0.5) is 0 Å². The van der Waals surface area contributed by atoms with Gasteiger partial charge in [0.2, 0.25) is 0 Å². The Kier molecular flexibility index (Phi) is 4.37. The topological polar surface area (TPSA) is 30.9 Å². The Bertz CT molecular complexity index is 698. The maximum atomic E-state index is 5.74. The molecule has 0 bridgehead atoms. The monoisotopic (exact) mass is 278 g/mol. The van der Waals surface area contributed by atoms with Crippen LogP contribution in [0.5, 0.6) is 0 Å². The average Bonchev–Trinajstić information content (AvgIpc) is 2.93. The summed E-state index contributed by atoms with van der Waals surface area (Å²) in [6, 6.07) is 19.4. The van der Waals surface area contributed by atoms with E-state index in [0.29, 0.717) is 6.54 Å². The minimum Gasteiger partial charge on any atom is -0.347 e. The van der Waals surface area contributed by atoms with Crippen LogP contribution in [0, 0.1) is 0 Å². The number of aryl methyl sites for hydroxylation is 2. The van der Waals surface area contributed by atoms with Crippen LogP contribution in [0.1, 0.15) is 17.5 Å². The molecule has 3 aromatic rings. The van der Waals surface area contributed by atoms with Gasteiger partial charge in [-0.25, -0.2) is 0 Å². The first kappa shape index (κ1) is 13.9. The lowest BCUT2D eigenvalue weighted by atomic mass is 10.1. The molecule has 0 aliphatic heterocycles. The summed E-state index contributed by atoms with van der Waals surface area (Å²) >= 11 is 0. The van der Waals surface area contributed by atoms with Gasteiger partial charge < -0.3 is 10.3 Å². The third-order valence-electron chi connectivity index (χ3n) is 3.99. The molecule has 0 radical (unpaired) electrons. The summed E-state index contributed by atoms with van der Waals surface area (Å²) in [5, 5.41) is 1.32. The van der Waals surface area contributed by atoms with Crippen LogP contribution in [0.2, 0.25) is 0 Å². The smallest absolute Gasteiger partial charge is 0.0513 e. The van der Waals surface area contributed by atoms with E-state index in [9.17, 15) is 0 Å². The number of para-hydroxylation sites is 1. The summed E-state index contributed by atoms with van der Waals surface area (Å²) in [4.78, 5) is 0. The van der Waals surface area contributed by atoms with E-state index in [4.69, 9.17) is 5.73 Å². The van der Waals surface area contributed by atoms with E-state index < -0.39 is 0 Å². The Morgan fingerprint density at radius 2 is 1.71 bits per heavy atom. The van der Waals surface area contributed by atoms with Crippen LogP contribution in [-0.2, 0) is 19.4 Å². The maximum absolute atomic E-state index is 5.74. The standard InChI is InChI=1S/C19H22N2/c20-13-11-17-9-4-10-18-12-15-21(19(17)18)14-5-8-16-6-2-1-3-7-16/h1-4,6-7,9-10,12,15H,5,8,11,13-14,20H2. The molecule has 2 nitrogen and oxygen atoms in total. The minimum atomic E-state index is 0.703. The molecule has 2 N–H and O–H groups in total.